The van der Waals surface area contributed by atoms with E-state index in [0.717, 1.165) is 0 Å². The van der Waals surface area contributed by atoms with Crippen molar-refractivity contribution in [1.29, 1.82) is 0 Å². The van der Waals surface area contributed by atoms with E-state index >= 15 is 0 Å². The third kappa shape index (κ3) is 5.04. The van der Waals surface area contributed by atoms with E-state index in [9.17, 15) is 9.59 Å². The molecule has 26 heavy (non-hydrogen) atoms. The van der Waals surface area contributed by atoms with Crippen molar-refractivity contribution in [3.8, 4) is 0 Å². The third-order valence-corrected chi connectivity index (χ3v) is 5.69. The van der Waals surface area contributed by atoms with E-state index in [2.05, 4.69) is 4.98 Å². The fourth-order valence-electron chi connectivity index (χ4n) is 4.31. The smallest absolute Gasteiger partial charge is 0.243 e. The van der Waals surface area contributed by atoms with E-state index in [0.29, 0.717) is 32.0 Å². The lowest BCUT2D eigenvalue weighted by molar-refractivity contribution is -0.131. The Balaban J connectivity index is 1.62. The number of hydrogen-bond acceptors (Lipinski definition) is 4. The molecular formula is C20H29N3O3. The lowest BCUT2D eigenvalue weighted by atomic mass is 9.87. The zero-order valence-electron chi connectivity index (χ0n) is 15.3. The number of nitrogens with zero attached hydrogens (tertiary/aromatic N) is 2. The number of amides is 2. The Bertz CT molecular complexity index is 602. The quantitative estimate of drug-likeness (QED) is 0.808. The minimum Gasteiger partial charge on any atom is -0.371 e. The zero-order valence-corrected chi connectivity index (χ0v) is 15.3. The Morgan fingerprint density at radius 2 is 1.88 bits per heavy atom. The number of primary amides is 1. The maximum atomic E-state index is 12.8. The molecule has 6 heteroatoms. The van der Waals surface area contributed by atoms with Crippen LogP contribution in [0.5, 0.6) is 0 Å². The van der Waals surface area contributed by atoms with E-state index in [-0.39, 0.29) is 24.3 Å². The molecule has 6 nitrogen and oxygen atoms in total. The highest BCUT2D eigenvalue weighted by molar-refractivity contribution is 5.77. The van der Waals surface area contributed by atoms with Gasteiger partial charge in [0.2, 0.25) is 11.8 Å². The lowest BCUT2D eigenvalue weighted by Gasteiger charge is -2.24. The number of nitrogens with two attached hydrogens (primary N) is 1. The highest BCUT2D eigenvalue weighted by Crippen LogP contribution is 2.34. The molecule has 2 amide bonds. The summed E-state index contributed by atoms with van der Waals surface area (Å²) in [6.07, 6.45) is 10.4. The molecule has 0 radical (unpaired) electrons. The number of ether oxygens (including phenoxy) is 1. The summed E-state index contributed by atoms with van der Waals surface area (Å²) in [4.78, 5) is 29.8. The summed E-state index contributed by atoms with van der Waals surface area (Å²) < 4.78 is 5.48. The molecule has 2 fully saturated rings. The minimum absolute atomic E-state index is 0.0738. The van der Waals surface area contributed by atoms with E-state index in [1.807, 2.05) is 17.0 Å². The Labute approximate surface area is 155 Å². The average molecular weight is 359 g/mol. The van der Waals surface area contributed by atoms with Crippen molar-refractivity contribution in [3.63, 3.8) is 0 Å². The van der Waals surface area contributed by atoms with Gasteiger partial charge in [-0.1, -0.05) is 19.3 Å². The van der Waals surface area contributed by atoms with Crippen LogP contribution in [-0.4, -0.2) is 48.0 Å². The predicted octanol–water partition coefficient (Wildman–Crippen LogP) is 2.10. The molecule has 0 bridgehead atoms. The van der Waals surface area contributed by atoms with Gasteiger partial charge in [-0.25, -0.2) is 0 Å². The Kier molecular flexibility index (Phi) is 6.61. The first kappa shape index (κ1) is 18.8. The predicted molar refractivity (Wildman–Crippen MR) is 98.3 cm³/mol. The number of carbonyl (C=O) groups is 2. The zero-order chi connectivity index (χ0) is 18.4. The monoisotopic (exact) mass is 359 g/mol. The first-order chi connectivity index (χ1) is 12.6. The first-order valence-electron chi connectivity index (χ1n) is 9.67. The molecule has 1 aliphatic heterocycles. The third-order valence-electron chi connectivity index (χ3n) is 5.69. The van der Waals surface area contributed by atoms with Crippen molar-refractivity contribution in [2.75, 3.05) is 26.3 Å². The van der Waals surface area contributed by atoms with Gasteiger partial charge in [-0.05, 0) is 36.5 Å². The number of rotatable bonds is 7. The number of hydrogen-bond donors (Lipinski definition) is 1. The molecule has 2 heterocycles. The van der Waals surface area contributed by atoms with Crippen molar-refractivity contribution in [1.82, 2.24) is 9.88 Å². The minimum atomic E-state index is -0.464. The molecule has 3 rings (SSSR count). The summed E-state index contributed by atoms with van der Waals surface area (Å²) in [5.41, 5.74) is 6.33. The molecule has 0 unspecified atom stereocenters. The Morgan fingerprint density at radius 1 is 1.15 bits per heavy atom. The molecule has 1 saturated carbocycles. The molecule has 1 aliphatic carbocycles. The van der Waals surface area contributed by atoms with Crippen LogP contribution in [0.3, 0.4) is 0 Å². The van der Waals surface area contributed by atoms with Crippen molar-refractivity contribution < 1.29 is 14.3 Å². The van der Waals surface area contributed by atoms with E-state index in [4.69, 9.17) is 10.5 Å². The summed E-state index contributed by atoms with van der Waals surface area (Å²) in [5, 5.41) is 0. The van der Waals surface area contributed by atoms with Gasteiger partial charge in [-0.15, -0.1) is 0 Å². The summed E-state index contributed by atoms with van der Waals surface area (Å²) in [7, 11) is 0. The number of carbonyl (C=O) groups excluding carboxylic acids is 2. The van der Waals surface area contributed by atoms with E-state index in [1.54, 1.807) is 12.4 Å². The van der Waals surface area contributed by atoms with Crippen LogP contribution in [0.1, 0.15) is 50.0 Å². The van der Waals surface area contributed by atoms with E-state index in [1.165, 1.54) is 37.7 Å². The number of likely N-dealkylation sites (tertiary alicyclic amines) is 1. The second-order valence-corrected chi connectivity index (χ2v) is 7.64. The van der Waals surface area contributed by atoms with Gasteiger partial charge in [-0.3, -0.25) is 14.6 Å². The number of aromatic nitrogens is 1. The van der Waals surface area contributed by atoms with Crippen molar-refractivity contribution in [2.24, 2.45) is 17.6 Å². The van der Waals surface area contributed by atoms with Crippen molar-refractivity contribution >= 4 is 11.8 Å². The van der Waals surface area contributed by atoms with Gasteiger partial charge in [0.15, 0.2) is 0 Å². The summed E-state index contributed by atoms with van der Waals surface area (Å²) in [5.74, 6) is 0.719. The van der Waals surface area contributed by atoms with Crippen LogP contribution in [0.2, 0.25) is 0 Å². The maximum Gasteiger partial charge on any atom is 0.243 e. The van der Waals surface area contributed by atoms with Crippen LogP contribution < -0.4 is 5.73 Å². The molecule has 2 aliphatic rings. The molecule has 2 N–H and O–H groups in total. The molecule has 0 aromatic carbocycles. The summed E-state index contributed by atoms with van der Waals surface area (Å²) in [6.45, 7) is 1.75. The van der Waals surface area contributed by atoms with Crippen LogP contribution >= 0.6 is 0 Å². The van der Waals surface area contributed by atoms with Gasteiger partial charge < -0.3 is 15.4 Å². The Hall–Kier alpha value is -1.95. The van der Waals surface area contributed by atoms with E-state index < -0.39 is 5.91 Å². The fraction of sp³-hybridized carbons (Fsp3) is 0.650. The van der Waals surface area contributed by atoms with Gasteiger partial charge in [0.1, 0.15) is 6.61 Å². The highest BCUT2D eigenvalue weighted by Gasteiger charge is 2.36. The van der Waals surface area contributed by atoms with Gasteiger partial charge in [0, 0.05) is 43.7 Å². The Morgan fingerprint density at radius 3 is 2.58 bits per heavy atom. The second-order valence-electron chi connectivity index (χ2n) is 7.64. The topological polar surface area (TPSA) is 85.5 Å². The molecule has 1 aromatic heterocycles. The standard InChI is InChI=1S/C20H29N3O3/c21-19(24)14-26-13-17-11-23(12-18(17)16-6-8-22-9-7-16)20(25)10-15-4-2-1-3-5-15/h6-9,15,17-18H,1-5,10-14H2,(H2,21,24)/t17-,18-/m0/s1. The van der Waals surface area contributed by atoms with Gasteiger partial charge in [-0.2, -0.15) is 0 Å². The molecule has 1 aromatic rings. The van der Waals surface area contributed by atoms with Crippen LogP contribution in [0.25, 0.3) is 0 Å². The second kappa shape index (κ2) is 9.12. The summed E-state index contributed by atoms with van der Waals surface area (Å²) >= 11 is 0. The van der Waals surface area contributed by atoms with Crippen LogP contribution in [0.4, 0.5) is 0 Å². The van der Waals surface area contributed by atoms with Crippen LogP contribution in [0, 0.1) is 11.8 Å². The van der Waals surface area contributed by atoms with Gasteiger partial charge in [0.05, 0.1) is 6.61 Å². The average Bonchev–Trinajstić information content (AvgIpc) is 3.07. The fourth-order valence-corrected chi connectivity index (χ4v) is 4.31. The van der Waals surface area contributed by atoms with Gasteiger partial charge in [0.25, 0.3) is 0 Å². The largest absolute Gasteiger partial charge is 0.371 e. The molecule has 0 spiro atoms. The lowest BCUT2D eigenvalue weighted by Crippen LogP contribution is -2.31. The van der Waals surface area contributed by atoms with Crippen molar-refractivity contribution in [2.45, 2.75) is 44.4 Å². The molecular weight excluding hydrogens is 330 g/mol. The maximum absolute atomic E-state index is 12.8. The highest BCUT2D eigenvalue weighted by atomic mass is 16.5. The molecule has 1 saturated heterocycles. The summed E-state index contributed by atoms with van der Waals surface area (Å²) in [6, 6.07) is 4.00. The molecule has 2 atom stereocenters. The van der Waals surface area contributed by atoms with Crippen LogP contribution in [0.15, 0.2) is 24.5 Å². The normalized spacial score (nSPS) is 23.9. The van der Waals surface area contributed by atoms with Crippen LogP contribution in [-0.2, 0) is 14.3 Å². The first-order valence-corrected chi connectivity index (χ1v) is 9.67. The SMILES string of the molecule is NC(=O)COC[C@@H]1CN(C(=O)CC2CCCCC2)C[C@H]1c1ccncc1. The van der Waals surface area contributed by atoms with Gasteiger partial charge >= 0.3 is 0 Å². The van der Waals surface area contributed by atoms with Crippen molar-refractivity contribution in [3.05, 3.63) is 30.1 Å². The molecule has 142 valence electrons. The number of pyridine rings is 1.